The van der Waals surface area contributed by atoms with Gasteiger partial charge in [-0.25, -0.2) is 13.2 Å². The van der Waals surface area contributed by atoms with Crippen molar-refractivity contribution >= 4 is 11.8 Å². The molecule has 1 aliphatic rings. The van der Waals surface area contributed by atoms with Crippen LogP contribution in [0.25, 0.3) is 0 Å². The summed E-state index contributed by atoms with van der Waals surface area (Å²) < 4.78 is 39.1. The van der Waals surface area contributed by atoms with E-state index in [4.69, 9.17) is 5.11 Å². The van der Waals surface area contributed by atoms with Crippen molar-refractivity contribution in [3.8, 4) is 0 Å². The highest BCUT2D eigenvalue weighted by atomic mass is 19.2. The van der Waals surface area contributed by atoms with E-state index in [9.17, 15) is 22.8 Å². The summed E-state index contributed by atoms with van der Waals surface area (Å²) in [6.07, 6.45) is 0. The number of halogens is 3. The predicted octanol–water partition coefficient (Wildman–Crippen LogP) is 0.381. The van der Waals surface area contributed by atoms with Gasteiger partial charge >= 0.3 is 0 Å². The Balaban J connectivity index is 2.07. The van der Waals surface area contributed by atoms with E-state index in [1.165, 1.54) is 9.80 Å². The Labute approximate surface area is 118 Å². The Bertz CT molecular complexity index is 549. The number of aliphatic hydroxyl groups is 1. The molecule has 1 saturated heterocycles. The van der Waals surface area contributed by atoms with Crippen LogP contribution in [0, 0.1) is 17.5 Å². The second-order valence-electron chi connectivity index (χ2n) is 4.58. The maximum absolute atomic E-state index is 13.1. The van der Waals surface area contributed by atoms with Gasteiger partial charge in [0.05, 0.1) is 0 Å². The van der Waals surface area contributed by atoms with E-state index in [-0.39, 0.29) is 31.7 Å². The van der Waals surface area contributed by atoms with Crippen molar-refractivity contribution in [1.29, 1.82) is 0 Å². The molecule has 1 aliphatic heterocycles. The number of aliphatic hydroxyl groups excluding tert-OH is 1. The van der Waals surface area contributed by atoms with Gasteiger partial charge in [0, 0.05) is 31.7 Å². The molecule has 1 fully saturated rings. The molecule has 2 amide bonds. The largest absolute Gasteiger partial charge is 0.387 e. The molecule has 0 bridgehead atoms. The van der Waals surface area contributed by atoms with Crippen LogP contribution in [-0.2, 0) is 4.79 Å². The number of piperazine rings is 1. The van der Waals surface area contributed by atoms with Gasteiger partial charge in [0.15, 0.2) is 17.5 Å². The number of hydrogen-bond donors (Lipinski definition) is 1. The van der Waals surface area contributed by atoms with Gasteiger partial charge in [-0.3, -0.25) is 9.59 Å². The number of rotatable bonds is 2. The molecule has 1 aromatic rings. The third-order valence-corrected chi connectivity index (χ3v) is 3.29. The van der Waals surface area contributed by atoms with Crippen LogP contribution in [0.1, 0.15) is 10.4 Å². The van der Waals surface area contributed by atoms with Gasteiger partial charge in [-0.15, -0.1) is 0 Å². The second kappa shape index (κ2) is 6.13. The summed E-state index contributed by atoms with van der Waals surface area (Å²) in [6.45, 7) is 0.174. The fourth-order valence-electron chi connectivity index (χ4n) is 2.12. The smallest absolute Gasteiger partial charge is 0.254 e. The predicted molar refractivity (Wildman–Crippen MR) is 65.9 cm³/mol. The van der Waals surface area contributed by atoms with Gasteiger partial charge in [0.2, 0.25) is 5.91 Å². The molecule has 0 aliphatic carbocycles. The lowest BCUT2D eigenvalue weighted by molar-refractivity contribution is -0.135. The fourth-order valence-corrected chi connectivity index (χ4v) is 2.12. The minimum absolute atomic E-state index is 0.172. The normalized spacial score (nSPS) is 15.2. The van der Waals surface area contributed by atoms with Crippen molar-refractivity contribution in [2.24, 2.45) is 0 Å². The van der Waals surface area contributed by atoms with Crippen LogP contribution in [0.3, 0.4) is 0 Å². The summed E-state index contributed by atoms with van der Waals surface area (Å²) in [7, 11) is 0. The number of carbonyl (C=O) groups excluding carboxylic acids is 2. The highest BCUT2D eigenvalue weighted by Crippen LogP contribution is 2.16. The zero-order chi connectivity index (χ0) is 15.6. The summed E-state index contributed by atoms with van der Waals surface area (Å²) in [4.78, 5) is 26.0. The van der Waals surface area contributed by atoms with E-state index in [2.05, 4.69) is 0 Å². The molecule has 114 valence electrons. The first-order chi connectivity index (χ1) is 9.93. The molecule has 0 radical (unpaired) electrons. The zero-order valence-corrected chi connectivity index (χ0v) is 11.0. The SMILES string of the molecule is O=C(CO)N1CCN(C(=O)c2cc(F)c(F)c(F)c2)CC1. The first-order valence-corrected chi connectivity index (χ1v) is 6.26. The Morgan fingerprint density at radius 1 is 1.00 bits per heavy atom. The quantitative estimate of drug-likeness (QED) is 0.804. The molecule has 5 nitrogen and oxygen atoms in total. The molecule has 2 rings (SSSR count). The highest BCUT2D eigenvalue weighted by Gasteiger charge is 2.25. The van der Waals surface area contributed by atoms with Crippen LogP contribution in [0.2, 0.25) is 0 Å². The summed E-state index contributed by atoms with van der Waals surface area (Å²) in [6, 6.07) is 1.29. The minimum atomic E-state index is -1.62. The summed E-state index contributed by atoms with van der Waals surface area (Å²) >= 11 is 0. The molecule has 21 heavy (non-hydrogen) atoms. The molecule has 8 heteroatoms. The Morgan fingerprint density at radius 2 is 1.48 bits per heavy atom. The third-order valence-electron chi connectivity index (χ3n) is 3.29. The first kappa shape index (κ1) is 15.3. The van der Waals surface area contributed by atoms with Crippen molar-refractivity contribution in [2.75, 3.05) is 32.8 Å². The molecule has 0 spiro atoms. The topological polar surface area (TPSA) is 60.9 Å². The standard InChI is InChI=1S/C13H13F3N2O3/c14-9-5-8(6-10(15)12(9)16)13(21)18-3-1-17(2-4-18)11(20)7-19/h5-6,19H,1-4,7H2. The van der Waals surface area contributed by atoms with Crippen LogP contribution < -0.4 is 0 Å². The molecular weight excluding hydrogens is 289 g/mol. The molecule has 1 N–H and O–H groups in total. The lowest BCUT2D eigenvalue weighted by atomic mass is 10.1. The van der Waals surface area contributed by atoms with Crippen LogP contribution in [0.15, 0.2) is 12.1 Å². The van der Waals surface area contributed by atoms with Crippen molar-refractivity contribution in [2.45, 2.75) is 0 Å². The monoisotopic (exact) mass is 302 g/mol. The highest BCUT2D eigenvalue weighted by molar-refractivity contribution is 5.94. The van der Waals surface area contributed by atoms with Gasteiger partial charge in [0.25, 0.3) is 5.91 Å². The third kappa shape index (κ3) is 3.15. The van der Waals surface area contributed by atoms with Gasteiger partial charge in [-0.05, 0) is 12.1 Å². The average Bonchev–Trinajstić information content (AvgIpc) is 2.50. The van der Waals surface area contributed by atoms with E-state index in [0.717, 1.165) is 0 Å². The van der Waals surface area contributed by atoms with E-state index in [1.54, 1.807) is 0 Å². The minimum Gasteiger partial charge on any atom is -0.387 e. The molecule has 0 aromatic heterocycles. The number of amides is 2. The Kier molecular flexibility index (Phi) is 4.46. The molecule has 1 heterocycles. The van der Waals surface area contributed by atoms with E-state index in [1.807, 2.05) is 0 Å². The van der Waals surface area contributed by atoms with Crippen molar-refractivity contribution < 1.29 is 27.9 Å². The summed E-state index contributed by atoms with van der Waals surface area (Å²) in [5.41, 5.74) is -0.284. The van der Waals surface area contributed by atoms with Gasteiger partial charge in [0.1, 0.15) is 6.61 Å². The summed E-state index contributed by atoms with van der Waals surface area (Å²) in [5, 5.41) is 8.74. The molecular formula is C13H13F3N2O3. The zero-order valence-electron chi connectivity index (χ0n) is 11.0. The summed E-state index contributed by atoms with van der Waals surface area (Å²) in [5.74, 6) is -5.55. The van der Waals surface area contributed by atoms with E-state index in [0.29, 0.717) is 12.1 Å². The molecule has 0 atom stereocenters. The fraction of sp³-hybridized carbons (Fsp3) is 0.385. The first-order valence-electron chi connectivity index (χ1n) is 6.26. The van der Waals surface area contributed by atoms with E-state index < -0.39 is 35.9 Å². The number of carbonyl (C=O) groups is 2. The van der Waals surface area contributed by atoms with Crippen LogP contribution in [0.5, 0.6) is 0 Å². The Hall–Kier alpha value is -2.09. The van der Waals surface area contributed by atoms with Gasteiger partial charge < -0.3 is 14.9 Å². The number of hydrogen-bond acceptors (Lipinski definition) is 3. The lowest BCUT2D eigenvalue weighted by Crippen LogP contribution is -2.51. The molecule has 1 aromatic carbocycles. The average molecular weight is 302 g/mol. The van der Waals surface area contributed by atoms with E-state index >= 15 is 0 Å². The number of benzene rings is 1. The van der Waals surface area contributed by atoms with Crippen molar-refractivity contribution in [3.63, 3.8) is 0 Å². The van der Waals surface area contributed by atoms with Crippen LogP contribution >= 0.6 is 0 Å². The lowest BCUT2D eigenvalue weighted by Gasteiger charge is -2.34. The van der Waals surface area contributed by atoms with Gasteiger partial charge in [-0.2, -0.15) is 0 Å². The van der Waals surface area contributed by atoms with Crippen LogP contribution in [-0.4, -0.2) is 59.5 Å². The maximum atomic E-state index is 13.1. The second-order valence-corrected chi connectivity index (χ2v) is 4.58. The number of nitrogens with zero attached hydrogens (tertiary/aromatic N) is 2. The van der Waals surface area contributed by atoms with Crippen LogP contribution in [0.4, 0.5) is 13.2 Å². The van der Waals surface area contributed by atoms with Gasteiger partial charge in [-0.1, -0.05) is 0 Å². The maximum Gasteiger partial charge on any atom is 0.254 e. The van der Waals surface area contributed by atoms with Crippen molar-refractivity contribution in [3.05, 3.63) is 35.1 Å². The van der Waals surface area contributed by atoms with Crippen molar-refractivity contribution in [1.82, 2.24) is 9.80 Å². The Morgan fingerprint density at radius 3 is 1.95 bits per heavy atom. The molecule has 0 saturated carbocycles. The molecule has 0 unspecified atom stereocenters.